The third kappa shape index (κ3) is 4.78. The Morgan fingerprint density at radius 3 is 1.83 bits per heavy atom. The smallest absolute Gasteiger partial charge is 0.238 e. The summed E-state index contributed by atoms with van der Waals surface area (Å²) >= 11 is 0. The molecule has 0 aliphatic heterocycles. The van der Waals surface area contributed by atoms with Crippen LogP contribution in [0.5, 0.6) is 0 Å². The van der Waals surface area contributed by atoms with E-state index in [-0.39, 0.29) is 0 Å². The molecule has 5 nitrogen and oxygen atoms in total. The maximum Gasteiger partial charge on any atom is 0.238 e. The molecule has 0 fully saturated rings. The molecule has 0 N–H and O–H groups in total. The summed E-state index contributed by atoms with van der Waals surface area (Å²) in [6.07, 6.45) is 0. The van der Waals surface area contributed by atoms with Crippen LogP contribution in [0.25, 0.3) is 99.3 Å². The van der Waals surface area contributed by atoms with Crippen LogP contribution < -0.4 is 0 Å². The first-order chi connectivity index (χ1) is 25.7. The van der Waals surface area contributed by atoms with E-state index in [0.717, 1.165) is 55.3 Å². The van der Waals surface area contributed by atoms with Crippen molar-refractivity contribution >= 4 is 49.4 Å². The normalized spacial score (nSPS) is 11.4. The topological polar surface area (TPSA) is 48.2 Å². The van der Waals surface area contributed by atoms with Gasteiger partial charge in [0.2, 0.25) is 5.69 Å². The number of benzene rings is 7. The van der Waals surface area contributed by atoms with E-state index in [4.69, 9.17) is 21.0 Å². The molecule has 0 saturated heterocycles. The summed E-state index contributed by atoms with van der Waals surface area (Å²) in [5.41, 5.74) is 11.4. The zero-order valence-corrected chi connectivity index (χ0v) is 27.9. The van der Waals surface area contributed by atoms with E-state index in [1.807, 2.05) is 72.8 Å². The first-order valence-corrected chi connectivity index (χ1v) is 17.2. The van der Waals surface area contributed by atoms with Gasteiger partial charge in [-0.15, -0.1) is 0 Å². The average molecular weight is 665 g/mol. The van der Waals surface area contributed by atoms with Gasteiger partial charge >= 0.3 is 0 Å². The van der Waals surface area contributed by atoms with Gasteiger partial charge in [0.1, 0.15) is 11.2 Å². The van der Waals surface area contributed by atoms with E-state index in [9.17, 15) is 0 Å². The fraction of sp³-hybridized carbons (Fsp3) is 0. The van der Waals surface area contributed by atoms with E-state index in [0.29, 0.717) is 22.9 Å². The molecule has 3 aromatic heterocycles. The Labute approximate surface area is 299 Å². The maximum absolute atomic E-state index is 8.23. The summed E-state index contributed by atoms with van der Waals surface area (Å²) in [7, 11) is 0. The summed E-state index contributed by atoms with van der Waals surface area (Å²) in [5.74, 6) is 0.568. The van der Waals surface area contributed by atoms with Crippen molar-refractivity contribution in [2.75, 3.05) is 0 Å². The van der Waals surface area contributed by atoms with Gasteiger partial charge in [0, 0.05) is 32.8 Å². The van der Waals surface area contributed by atoms with Crippen molar-refractivity contribution in [3.8, 4) is 50.7 Å². The predicted octanol–water partition coefficient (Wildman–Crippen LogP) is 12.7. The number of furan rings is 1. The lowest BCUT2D eigenvalue weighted by atomic mass is 10.0. The Balaban J connectivity index is 1.13. The van der Waals surface area contributed by atoms with Crippen molar-refractivity contribution in [3.05, 3.63) is 181 Å². The van der Waals surface area contributed by atoms with E-state index < -0.39 is 0 Å². The highest BCUT2D eigenvalue weighted by Crippen LogP contribution is 2.42. The Bertz CT molecular complexity index is 3010. The lowest BCUT2D eigenvalue weighted by Gasteiger charge is -2.12. The lowest BCUT2D eigenvalue weighted by molar-refractivity contribution is 0.669. The average Bonchev–Trinajstić information content (AvgIpc) is 3.75. The summed E-state index contributed by atoms with van der Waals surface area (Å²) in [4.78, 5) is 13.9. The fourth-order valence-corrected chi connectivity index (χ4v) is 7.39. The van der Waals surface area contributed by atoms with Crippen molar-refractivity contribution in [2.24, 2.45) is 0 Å². The highest BCUT2D eigenvalue weighted by atomic mass is 16.3. The SMILES string of the molecule is [C-]#[N+]c1c(-c2ccccc2)nc(-c2ccccc2)nc1-c1ccc2c(c1)oc1ccc(-n3c4ccccc4c4cc(-c5ccccc5)ccc43)cc12. The minimum Gasteiger partial charge on any atom is -0.456 e. The number of aromatic nitrogens is 3. The summed E-state index contributed by atoms with van der Waals surface area (Å²) < 4.78 is 8.84. The molecular formula is C47H28N4O. The first-order valence-electron chi connectivity index (χ1n) is 17.2. The molecule has 0 saturated carbocycles. The monoisotopic (exact) mass is 664 g/mol. The highest BCUT2D eigenvalue weighted by molar-refractivity contribution is 6.12. The molecule has 10 aromatic rings. The van der Waals surface area contributed by atoms with Crippen LogP contribution in [0.1, 0.15) is 0 Å². The number of nitrogens with zero attached hydrogens (tertiary/aromatic N) is 4. The summed E-state index contributed by atoms with van der Waals surface area (Å²) in [6.45, 7) is 8.23. The lowest BCUT2D eigenvalue weighted by Crippen LogP contribution is -1.97. The van der Waals surface area contributed by atoms with Crippen molar-refractivity contribution in [3.63, 3.8) is 0 Å². The van der Waals surface area contributed by atoms with Gasteiger partial charge < -0.3 is 8.98 Å². The molecule has 0 spiro atoms. The molecule has 0 aliphatic carbocycles. The Hall–Kier alpha value is -7.29. The fourth-order valence-electron chi connectivity index (χ4n) is 7.39. The van der Waals surface area contributed by atoms with E-state index >= 15 is 0 Å². The van der Waals surface area contributed by atoms with Gasteiger partial charge in [-0.2, -0.15) is 0 Å². The molecular weight excluding hydrogens is 637 g/mol. The second kappa shape index (κ2) is 11.9. The van der Waals surface area contributed by atoms with Gasteiger partial charge in [0.05, 0.1) is 29.0 Å². The Morgan fingerprint density at radius 2 is 1.08 bits per heavy atom. The van der Waals surface area contributed by atoms with Crippen LogP contribution >= 0.6 is 0 Å². The van der Waals surface area contributed by atoms with Gasteiger partial charge in [-0.3, -0.25) is 0 Å². The van der Waals surface area contributed by atoms with Gasteiger partial charge in [0.25, 0.3) is 0 Å². The van der Waals surface area contributed by atoms with Crippen LogP contribution in [-0.2, 0) is 0 Å². The molecule has 0 unspecified atom stereocenters. The maximum atomic E-state index is 8.23. The Kier molecular flexibility index (Phi) is 6.80. The number of rotatable bonds is 5. The molecule has 0 aliphatic rings. The second-order valence-electron chi connectivity index (χ2n) is 12.9. The van der Waals surface area contributed by atoms with E-state index in [2.05, 4.69) is 106 Å². The van der Waals surface area contributed by atoms with Crippen LogP contribution in [0.2, 0.25) is 0 Å². The van der Waals surface area contributed by atoms with Gasteiger partial charge in [-0.25, -0.2) is 14.8 Å². The number of hydrogen-bond donors (Lipinski definition) is 0. The van der Waals surface area contributed by atoms with Crippen molar-refractivity contribution in [2.45, 2.75) is 0 Å². The van der Waals surface area contributed by atoms with Gasteiger partial charge in [0.15, 0.2) is 5.82 Å². The third-order valence-electron chi connectivity index (χ3n) is 9.84. The second-order valence-corrected chi connectivity index (χ2v) is 12.9. The van der Waals surface area contributed by atoms with Gasteiger partial charge in [-0.1, -0.05) is 121 Å². The highest BCUT2D eigenvalue weighted by Gasteiger charge is 2.21. The standard InChI is InChI=1S/C47H28N4O/c1-48-46-44(31-15-7-3-8-16-31)49-47(32-17-9-4-10-18-32)50-45(46)34-21-24-37-39-29-35(23-26-42(39)52-43(37)28-34)51-40-20-12-11-19-36(40)38-27-33(22-25-41(38)51)30-13-5-2-6-14-30/h2-29H. The van der Waals surface area contributed by atoms with Crippen LogP contribution in [0.15, 0.2) is 174 Å². The number of para-hydroxylation sites is 1. The van der Waals surface area contributed by atoms with Crippen LogP contribution in [0.4, 0.5) is 5.69 Å². The van der Waals surface area contributed by atoms with Crippen LogP contribution in [-0.4, -0.2) is 14.5 Å². The van der Waals surface area contributed by atoms with Gasteiger partial charge in [-0.05, 0) is 70.8 Å². The van der Waals surface area contributed by atoms with Crippen molar-refractivity contribution < 1.29 is 4.42 Å². The molecule has 0 amide bonds. The summed E-state index contributed by atoms with van der Waals surface area (Å²) in [5, 5.41) is 4.44. The molecule has 0 bridgehead atoms. The first kappa shape index (κ1) is 29.6. The van der Waals surface area contributed by atoms with Crippen LogP contribution in [0.3, 0.4) is 0 Å². The Morgan fingerprint density at radius 1 is 0.442 bits per heavy atom. The third-order valence-corrected chi connectivity index (χ3v) is 9.84. The quantitative estimate of drug-likeness (QED) is 0.172. The van der Waals surface area contributed by atoms with E-state index in [1.54, 1.807) is 0 Å². The van der Waals surface area contributed by atoms with Crippen LogP contribution in [0, 0.1) is 6.57 Å². The molecule has 10 rings (SSSR count). The molecule has 5 heteroatoms. The molecule has 3 heterocycles. The molecule has 52 heavy (non-hydrogen) atoms. The predicted molar refractivity (Wildman–Crippen MR) is 212 cm³/mol. The molecule has 242 valence electrons. The number of fused-ring (bicyclic) bond motifs is 6. The molecule has 0 atom stereocenters. The molecule has 0 radical (unpaired) electrons. The van der Waals surface area contributed by atoms with Crippen molar-refractivity contribution in [1.29, 1.82) is 0 Å². The largest absolute Gasteiger partial charge is 0.456 e. The summed E-state index contributed by atoms with van der Waals surface area (Å²) in [6, 6.07) is 58.1. The number of hydrogen-bond acceptors (Lipinski definition) is 3. The van der Waals surface area contributed by atoms with Crippen molar-refractivity contribution in [1.82, 2.24) is 14.5 Å². The zero-order valence-electron chi connectivity index (χ0n) is 27.9. The minimum absolute atomic E-state index is 0.408. The molecule has 7 aromatic carbocycles. The minimum atomic E-state index is 0.408. The van der Waals surface area contributed by atoms with E-state index in [1.165, 1.54) is 21.9 Å². The zero-order chi connectivity index (χ0) is 34.6.